The molecule has 0 spiro atoms. The number of hydrogen-bond acceptors (Lipinski definition) is 0. The summed E-state index contributed by atoms with van der Waals surface area (Å²) < 4.78 is 0. The third-order valence-electron chi connectivity index (χ3n) is 2.29. The van der Waals surface area contributed by atoms with Crippen LogP contribution in [0.5, 0.6) is 0 Å². The summed E-state index contributed by atoms with van der Waals surface area (Å²) in [6.07, 6.45) is 0. The largest absolute Gasteiger partial charge is 0.0587 e. The van der Waals surface area contributed by atoms with Crippen LogP contribution in [0, 0.1) is 13.8 Å². The third kappa shape index (κ3) is 1.10. The lowest BCUT2D eigenvalue weighted by atomic mass is 10.1. The van der Waals surface area contributed by atoms with Crippen LogP contribution in [0.4, 0.5) is 0 Å². The van der Waals surface area contributed by atoms with E-state index >= 15 is 0 Å². The molecule has 0 radical (unpaired) electrons. The average Bonchev–Trinajstić information content (AvgIpc) is 2.28. The van der Waals surface area contributed by atoms with E-state index in [1.54, 1.807) is 0 Å². The molecule has 0 nitrogen and oxygen atoms in total. The van der Waals surface area contributed by atoms with E-state index in [9.17, 15) is 0 Å². The van der Waals surface area contributed by atoms with Gasteiger partial charge in [0.1, 0.15) is 0 Å². The van der Waals surface area contributed by atoms with E-state index in [0.29, 0.717) is 0 Å². The highest BCUT2D eigenvalue weighted by molar-refractivity contribution is 5.70. The summed E-state index contributed by atoms with van der Waals surface area (Å²) in [5, 5.41) is 0. The van der Waals surface area contributed by atoms with Gasteiger partial charge in [-0.15, -0.1) is 0 Å². The van der Waals surface area contributed by atoms with Gasteiger partial charge in [0.05, 0.1) is 0 Å². The fraction of sp³-hybridized carbons (Fsp3) is 0.167. The van der Waals surface area contributed by atoms with Crippen molar-refractivity contribution in [2.24, 2.45) is 0 Å². The van der Waals surface area contributed by atoms with Crippen molar-refractivity contribution in [2.75, 3.05) is 0 Å². The summed E-state index contributed by atoms with van der Waals surface area (Å²) in [6, 6.07) is 13.0. The summed E-state index contributed by atoms with van der Waals surface area (Å²) in [7, 11) is 0. The zero-order valence-electron chi connectivity index (χ0n) is 7.46. The first-order valence-corrected chi connectivity index (χ1v) is 4.23. The second-order valence-electron chi connectivity index (χ2n) is 3.30. The van der Waals surface area contributed by atoms with E-state index in [2.05, 4.69) is 50.2 Å². The van der Waals surface area contributed by atoms with E-state index in [0.717, 1.165) is 0 Å². The van der Waals surface area contributed by atoms with Crippen LogP contribution in [-0.2, 0) is 0 Å². The first-order valence-electron chi connectivity index (χ1n) is 4.23. The molecule has 0 atom stereocenters. The maximum atomic E-state index is 2.19. The van der Waals surface area contributed by atoms with Crippen molar-refractivity contribution in [1.82, 2.24) is 0 Å². The Morgan fingerprint density at radius 2 is 1.42 bits per heavy atom. The molecule has 0 aromatic heterocycles. The van der Waals surface area contributed by atoms with Gasteiger partial charge in [-0.1, -0.05) is 42.0 Å². The van der Waals surface area contributed by atoms with Gasteiger partial charge in [0.25, 0.3) is 0 Å². The van der Waals surface area contributed by atoms with Crippen LogP contribution in [0.3, 0.4) is 0 Å². The highest BCUT2D eigenvalue weighted by Gasteiger charge is 2.02. The van der Waals surface area contributed by atoms with Gasteiger partial charge in [0.2, 0.25) is 0 Å². The summed E-state index contributed by atoms with van der Waals surface area (Å²) in [6.45, 7) is 4.27. The Bertz CT molecular complexity index is 374. The molecule has 2 aliphatic carbocycles. The van der Waals surface area contributed by atoms with Gasteiger partial charge in [0.15, 0.2) is 0 Å². The molecule has 0 aliphatic heterocycles. The normalized spacial score (nSPS) is 10.5. The molecule has 12 heavy (non-hydrogen) atoms. The van der Waals surface area contributed by atoms with Crippen molar-refractivity contribution >= 4 is 0 Å². The minimum absolute atomic E-state index is 1.31. The first kappa shape index (κ1) is 7.35. The Hall–Kier alpha value is -1.30. The van der Waals surface area contributed by atoms with Crippen molar-refractivity contribution in [3.8, 4) is 11.1 Å². The van der Waals surface area contributed by atoms with Crippen molar-refractivity contribution in [2.45, 2.75) is 13.8 Å². The SMILES string of the molecule is Cc1ccc2ccc(C)c-2cc1. The molecule has 0 N–H and O–H groups in total. The van der Waals surface area contributed by atoms with Gasteiger partial charge >= 0.3 is 0 Å². The molecule has 0 bridgehead atoms. The minimum atomic E-state index is 1.31. The lowest BCUT2D eigenvalue weighted by molar-refractivity contribution is 1.51. The number of hydrogen-bond donors (Lipinski definition) is 0. The number of aryl methyl sites for hydroxylation is 2. The average molecular weight is 156 g/mol. The van der Waals surface area contributed by atoms with Gasteiger partial charge in [-0.25, -0.2) is 0 Å². The molecule has 0 saturated heterocycles. The molecular weight excluding hydrogens is 144 g/mol. The van der Waals surface area contributed by atoms with Crippen LogP contribution >= 0.6 is 0 Å². The van der Waals surface area contributed by atoms with Gasteiger partial charge in [-0.05, 0) is 30.5 Å². The smallest absolute Gasteiger partial charge is 0.0155 e. The highest BCUT2D eigenvalue weighted by atomic mass is 14.1. The van der Waals surface area contributed by atoms with E-state index < -0.39 is 0 Å². The molecule has 60 valence electrons. The summed E-state index contributed by atoms with van der Waals surface area (Å²) >= 11 is 0. The second kappa shape index (κ2) is 2.63. The molecule has 0 aromatic carbocycles. The molecule has 0 aromatic rings. The Balaban J connectivity index is 2.73. The van der Waals surface area contributed by atoms with E-state index in [1.165, 1.54) is 22.3 Å². The summed E-state index contributed by atoms with van der Waals surface area (Å²) in [5.74, 6) is 0. The van der Waals surface area contributed by atoms with Gasteiger partial charge in [-0.3, -0.25) is 0 Å². The topological polar surface area (TPSA) is 0 Å². The Kier molecular flexibility index (Phi) is 1.61. The van der Waals surface area contributed by atoms with Crippen molar-refractivity contribution in [3.63, 3.8) is 0 Å². The molecule has 0 fully saturated rings. The van der Waals surface area contributed by atoms with E-state index in [1.807, 2.05) is 0 Å². The van der Waals surface area contributed by atoms with Crippen molar-refractivity contribution in [1.29, 1.82) is 0 Å². The van der Waals surface area contributed by atoms with Gasteiger partial charge in [0, 0.05) is 0 Å². The fourth-order valence-corrected chi connectivity index (χ4v) is 1.49. The van der Waals surface area contributed by atoms with Crippen LogP contribution in [0.2, 0.25) is 0 Å². The fourth-order valence-electron chi connectivity index (χ4n) is 1.49. The van der Waals surface area contributed by atoms with Crippen LogP contribution in [0.1, 0.15) is 11.1 Å². The molecule has 0 saturated carbocycles. The quantitative estimate of drug-likeness (QED) is 0.548. The number of rotatable bonds is 0. The second-order valence-corrected chi connectivity index (χ2v) is 3.30. The van der Waals surface area contributed by atoms with Crippen molar-refractivity contribution < 1.29 is 0 Å². The molecule has 2 rings (SSSR count). The van der Waals surface area contributed by atoms with E-state index in [-0.39, 0.29) is 0 Å². The molecule has 0 heterocycles. The molecule has 0 amide bonds. The van der Waals surface area contributed by atoms with Crippen LogP contribution < -0.4 is 0 Å². The third-order valence-corrected chi connectivity index (χ3v) is 2.29. The lowest BCUT2D eigenvalue weighted by Crippen LogP contribution is -1.67. The standard InChI is InChI=1S/C12H12/c1-9-3-6-11-7-5-10(2)12(11)8-4-9/h3-8H,1-2H3. The first-order chi connectivity index (χ1) is 5.77. The van der Waals surface area contributed by atoms with E-state index in [4.69, 9.17) is 0 Å². The minimum Gasteiger partial charge on any atom is -0.0587 e. The summed E-state index contributed by atoms with van der Waals surface area (Å²) in [5.41, 5.74) is 5.37. The Labute approximate surface area is 73.2 Å². The summed E-state index contributed by atoms with van der Waals surface area (Å²) in [4.78, 5) is 0. The highest BCUT2D eigenvalue weighted by Crippen LogP contribution is 2.26. The number of fused-ring (bicyclic) bond motifs is 1. The van der Waals surface area contributed by atoms with Gasteiger partial charge < -0.3 is 0 Å². The van der Waals surface area contributed by atoms with Gasteiger partial charge in [-0.2, -0.15) is 0 Å². The van der Waals surface area contributed by atoms with Crippen molar-refractivity contribution in [3.05, 3.63) is 47.5 Å². The lowest BCUT2D eigenvalue weighted by Gasteiger charge is -1.91. The van der Waals surface area contributed by atoms with Crippen LogP contribution in [0.15, 0.2) is 36.4 Å². The monoisotopic (exact) mass is 156 g/mol. The predicted molar refractivity (Wildman–Crippen MR) is 52.5 cm³/mol. The zero-order valence-corrected chi connectivity index (χ0v) is 7.46. The maximum Gasteiger partial charge on any atom is -0.0155 e. The Morgan fingerprint density at radius 3 is 2.25 bits per heavy atom. The predicted octanol–water partition coefficient (Wildman–Crippen LogP) is 3.41. The van der Waals surface area contributed by atoms with Crippen LogP contribution in [0.25, 0.3) is 11.1 Å². The van der Waals surface area contributed by atoms with Crippen LogP contribution in [-0.4, -0.2) is 0 Å². The zero-order chi connectivity index (χ0) is 8.55. The molecular formula is C12H12. The Morgan fingerprint density at radius 1 is 0.750 bits per heavy atom. The molecule has 0 heteroatoms. The molecule has 0 unspecified atom stereocenters. The molecule has 2 aliphatic rings. The maximum absolute atomic E-state index is 2.19.